The molecule has 1 amide bonds. The zero-order chi connectivity index (χ0) is 21.4. The molecule has 1 aliphatic carbocycles. The molecule has 0 bridgehead atoms. The standard InChI is InChI=1S/C23H33N5O2/c1-22(24)10-13-28(15-22)20-18(21(29)27-17-6-4-5-7-17)14-26-23(2,30-3)19(20)16-8-11-25-12-9-16/h8-9,11-12,14,17,26H,4-7,10,13,15,24H2,1-3H3,(H,27,29)/t22-,23?/m0/s1. The van der Waals surface area contributed by atoms with Crippen molar-refractivity contribution in [3.63, 3.8) is 0 Å². The predicted octanol–water partition coefficient (Wildman–Crippen LogP) is 2.12. The van der Waals surface area contributed by atoms with Crippen molar-refractivity contribution in [2.24, 2.45) is 5.73 Å². The number of methoxy groups -OCH3 is 1. The normalized spacial score (nSPS) is 29.7. The number of ether oxygens (including phenoxy) is 1. The van der Waals surface area contributed by atoms with Crippen molar-refractivity contribution in [1.29, 1.82) is 0 Å². The van der Waals surface area contributed by atoms with E-state index in [9.17, 15) is 4.79 Å². The second-order valence-electron chi connectivity index (χ2n) is 9.18. The molecule has 1 saturated heterocycles. The van der Waals surface area contributed by atoms with Crippen molar-refractivity contribution in [1.82, 2.24) is 20.5 Å². The highest BCUT2D eigenvalue weighted by molar-refractivity contribution is 6.01. The number of pyridine rings is 1. The number of aromatic nitrogens is 1. The molecule has 0 spiro atoms. The van der Waals surface area contributed by atoms with E-state index in [2.05, 4.69) is 27.4 Å². The maximum Gasteiger partial charge on any atom is 0.255 e. The third kappa shape index (κ3) is 3.96. The Morgan fingerprint density at radius 2 is 2.00 bits per heavy atom. The summed E-state index contributed by atoms with van der Waals surface area (Å²) in [6.07, 6.45) is 10.6. The number of hydrogen-bond acceptors (Lipinski definition) is 6. The van der Waals surface area contributed by atoms with Crippen LogP contribution >= 0.6 is 0 Å². The Morgan fingerprint density at radius 3 is 2.60 bits per heavy atom. The minimum Gasteiger partial charge on any atom is -0.369 e. The summed E-state index contributed by atoms with van der Waals surface area (Å²) in [6, 6.07) is 4.17. The quantitative estimate of drug-likeness (QED) is 0.687. The van der Waals surface area contributed by atoms with Crippen LogP contribution in [0.4, 0.5) is 0 Å². The number of nitrogens with one attached hydrogen (secondary N) is 2. The third-order valence-electron chi connectivity index (χ3n) is 6.59. The first kappa shape index (κ1) is 20.9. The average molecular weight is 412 g/mol. The van der Waals surface area contributed by atoms with Crippen molar-refractivity contribution in [3.8, 4) is 0 Å². The van der Waals surface area contributed by atoms with Gasteiger partial charge in [0.25, 0.3) is 5.91 Å². The van der Waals surface area contributed by atoms with Crippen LogP contribution in [-0.4, -0.2) is 53.3 Å². The van der Waals surface area contributed by atoms with Gasteiger partial charge in [0.15, 0.2) is 5.72 Å². The van der Waals surface area contributed by atoms with E-state index in [4.69, 9.17) is 10.5 Å². The van der Waals surface area contributed by atoms with Gasteiger partial charge in [-0.2, -0.15) is 0 Å². The molecule has 0 radical (unpaired) electrons. The number of nitrogens with zero attached hydrogens (tertiary/aromatic N) is 2. The summed E-state index contributed by atoms with van der Waals surface area (Å²) in [5.41, 5.74) is 8.85. The summed E-state index contributed by atoms with van der Waals surface area (Å²) in [5, 5.41) is 6.59. The van der Waals surface area contributed by atoms with Crippen LogP contribution in [0, 0.1) is 0 Å². The van der Waals surface area contributed by atoms with Gasteiger partial charge in [-0.05, 0) is 50.8 Å². The molecule has 3 aliphatic rings. The molecule has 1 saturated carbocycles. The fourth-order valence-electron chi connectivity index (χ4n) is 4.81. The van der Waals surface area contributed by atoms with Gasteiger partial charge < -0.3 is 26.0 Å². The molecule has 2 atom stereocenters. The molecular formula is C23H33N5O2. The molecule has 7 nitrogen and oxygen atoms in total. The summed E-state index contributed by atoms with van der Waals surface area (Å²) in [6.45, 7) is 5.54. The molecule has 0 aromatic carbocycles. The van der Waals surface area contributed by atoms with E-state index >= 15 is 0 Å². The maximum absolute atomic E-state index is 13.4. The first-order chi connectivity index (χ1) is 14.3. The molecule has 1 aromatic heterocycles. The second-order valence-corrected chi connectivity index (χ2v) is 9.18. The first-order valence-electron chi connectivity index (χ1n) is 10.9. The number of likely N-dealkylation sites (tertiary alicyclic amines) is 1. The summed E-state index contributed by atoms with van der Waals surface area (Å²) >= 11 is 0. The fourth-order valence-corrected chi connectivity index (χ4v) is 4.81. The highest BCUT2D eigenvalue weighted by Gasteiger charge is 2.42. The van der Waals surface area contributed by atoms with Gasteiger partial charge in [0, 0.05) is 55.9 Å². The number of amides is 1. The molecule has 4 N–H and O–H groups in total. The van der Waals surface area contributed by atoms with Crippen molar-refractivity contribution >= 4 is 11.5 Å². The molecule has 7 heteroatoms. The average Bonchev–Trinajstić information content (AvgIpc) is 3.37. The van der Waals surface area contributed by atoms with Crippen molar-refractivity contribution in [2.45, 2.75) is 63.3 Å². The van der Waals surface area contributed by atoms with Crippen LogP contribution in [0.1, 0.15) is 51.5 Å². The van der Waals surface area contributed by atoms with E-state index < -0.39 is 5.72 Å². The Hall–Kier alpha value is -2.38. The zero-order valence-corrected chi connectivity index (χ0v) is 18.2. The van der Waals surface area contributed by atoms with E-state index in [1.165, 1.54) is 12.8 Å². The third-order valence-corrected chi connectivity index (χ3v) is 6.59. The second kappa shape index (κ2) is 8.04. The summed E-state index contributed by atoms with van der Waals surface area (Å²) in [4.78, 5) is 19.8. The van der Waals surface area contributed by atoms with Gasteiger partial charge in [-0.1, -0.05) is 12.8 Å². The molecule has 2 aliphatic heterocycles. The van der Waals surface area contributed by atoms with E-state index in [-0.39, 0.29) is 17.5 Å². The number of dihydropyridines is 1. The van der Waals surface area contributed by atoms with Gasteiger partial charge in [0.05, 0.1) is 11.3 Å². The monoisotopic (exact) mass is 411 g/mol. The van der Waals surface area contributed by atoms with E-state index in [1.54, 1.807) is 25.7 Å². The topological polar surface area (TPSA) is 92.5 Å². The predicted molar refractivity (Wildman–Crippen MR) is 117 cm³/mol. The van der Waals surface area contributed by atoms with Crippen LogP contribution in [0.25, 0.3) is 5.57 Å². The number of hydrogen-bond donors (Lipinski definition) is 3. The SMILES string of the molecule is COC1(C)NC=C(C(=O)NC2CCCC2)C(N2CC[C@](C)(N)C2)=C1c1ccncc1. The largest absolute Gasteiger partial charge is 0.369 e. The lowest BCUT2D eigenvalue weighted by Gasteiger charge is -2.40. The highest BCUT2D eigenvalue weighted by Crippen LogP contribution is 2.40. The van der Waals surface area contributed by atoms with Crippen LogP contribution in [0.5, 0.6) is 0 Å². The lowest BCUT2D eigenvalue weighted by Crippen LogP contribution is -2.49. The summed E-state index contributed by atoms with van der Waals surface area (Å²) < 4.78 is 5.93. The van der Waals surface area contributed by atoms with E-state index in [1.807, 2.05) is 19.1 Å². The molecule has 30 heavy (non-hydrogen) atoms. The van der Waals surface area contributed by atoms with Crippen LogP contribution in [0.15, 0.2) is 42.0 Å². The zero-order valence-electron chi connectivity index (χ0n) is 18.2. The Labute approximate surface area is 178 Å². The van der Waals surface area contributed by atoms with Crippen molar-refractivity contribution in [3.05, 3.63) is 47.6 Å². The smallest absolute Gasteiger partial charge is 0.255 e. The minimum atomic E-state index is -0.776. The molecule has 1 unspecified atom stereocenters. The van der Waals surface area contributed by atoms with Crippen molar-refractivity contribution in [2.75, 3.05) is 20.2 Å². The lowest BCUT2D eigenvalue weighted by molar-refractivity contribution is -0.118. The molecule has 4 rings (SSSR count). The van der Waals surface area contributed by atoms with E-state index in [0.29, 0.717) is 12.1 Å². The van der Waals surface area contributed by atoms with Gasteiger partial charge >= 0.3 is 0 Å². The minimum absolute atomic E-state index is 0.0419. The van der Waals surface area contributed by atoms with Crippen molar-refractivity contribution < 1.29 is 9.53 Å². The number of nitrogens with two attached hydrogens (primary N) is 1. The van der Waals surface area contributed by atoms with Gasteiger partial charge in [-0.3, -0.25) is 9.78 Å². The van der Waals surface area contributed by atoms with E-state index in [0.717, 1.165) is 42.6 Å². The number of carbonyl (C=O) groups is 1. The van der Waals surface area contributed by atoms with Gasteiger partial charge in [-0.25, -0.2) is 0 Å². The van der Waals surface area contributed by atoms with Crippen LogP contribution < -0.4 is 16.4 Å². The molecule has 162 valence electrons. The van der Waals surface area contributed by atoms with Crippen LogP contribution in [-0.2, 0) is 9.53 Å². The molecule has 3 heterocycles. The Bertz CT molecular complexity index is 858. The van der Waals surface area contributed by atoms with Crippen LogP contribution in [0.3, 0.4) is 0 Å². The number of rotatable bonds is 5. The maximum atomic E-state index is 13.4. The summed E-state index contributed by atoms with van der Waals surface area (Å²) in [5.74, 6) is -0.0419. The Morgan fingerprint density at radius 1 is 1.30 bits per heavy atom. The molecule has 2 fully saturated rings. The summed E-state index contributed by atoms with van der Waals surface area (Å²) in [7, 11) is 1.68. The lowest BCUT2D eigenvalue weighted by atomic mass is 9.88. The molecule has 1 aromatic rings. The highest BCUT2D eigenvalue weighted by atomic mass is 16.5. The van der Waals surface area contributed by atoms with Gasteiger partial charge in [0.2, 0.25) is 0 Å². The van der Waals surface area contributed by atoms with Crippen LogP contribution in [0.2, 0.25) is 0 Å². The first-order valence-corrected chi connectivity index (χ1v) is 10.9. The fraction of sp³-hybridized carbons (Fsp3) is 0.565. The van der Waals surface area contributed by atoms with Gasteiger partial charge in [-0.15, -0.1) is 0 Å². The number of carbonyl (C=O) groups excluding carboxylic acids is 1. The Kier molecular flexibility index (Phi) is 5.59. The molecular weight excluding hydrogens is 378 g/mol. The Balaban J connectivity index is 1.81. The van der Waals surface area contributed by atoms with Gasteiger partial charge in [0.1, 0.15) is 0 Å².